The summed E-state index contributed by atoms with van der Waals surface area (Å²) in [6.07, 6.45) is 1.08. The summed E-state index contributed by atoms with van der Waals surface area (Å²) >= 11 is 0. The summed E-state index contributed by atoms with van der Waals surface area (Å²) in [5.41, 5.74) is 2.35. The summed E-state index contributed by atoms with van der Waals surface area (Å²) in [6.45, 7) is 7.54. The normalized spacial score (nSPS) is 17.4. The number of carbonyl (C=O) groups excluding carboxylic acids is 1. The third kappa shape index (κ3) is 4.28. The Morgan fingerprint density at radius 2 is 2.12 bits per heavy atom. The summed E-state index contributed by atoms with van der Waals surface area (Å²) in [4.78, 5) is 14.6. The number of nitriles is 1. The van der Waals surface area contributed by atoms with Crippen molar-refractivity contribution >= 4 is 5.91 Å². The molecule has 0 bridgehead atoms. The van der Waals surface area contributed by atoms with Gasteiger partial charge in [-0.15, -0.1) is 0 Å². The molecule has 1 aromatic carbocycles. The van der Waals surface area contributed by atoms with Crippen LogP contribution in [-0.4, -0.2) is 30.4 Å². The van der Waals surface area contributed by atoms with E-state index in [0.717, 1.165) is 37.6 Å². The van der Waals surface area contributed by atoms with E-state index in [4.69, 9.17) is 9.68 Å². The maximum atomic E-state index is 12.2. The number of hydrogen-bond acceptors (Lipinski definition) is 4. The van der Waals surface area contributed by atoms with Crippen molar-refractivity contribution in [3.8, 4) is 6.07 Å². The molecule has 2 heterocycles. The Bertz CT molecular complexity index is 767. The van der Waals surface area contributed by atoms with E-state index >= 15 is 0 Å². The topological polar surface area (TPSA) is 69.3 Å². The fraction of sp³-hybridized carbons (Fsp3) is 0.400. The van der Waals surface area contributed by atoms with Gasteiger partial charge in [0, 0.05) is 18.7 Å². The van der Waals surface area contributed by atoms with Gasteiger partial charge in [-0.1, -0.05) is 0 Å². The van der Waals surface area contributed by atoms with Gasteiger partial charge in [0.25, 0.3) is 5.91 Å². The van der Waals surface area contributed by atoms with E-state index in [1.165, 1.54) is 5.56 Å². The van der Waals surface area contributed by atoms with Gasteiger partial charge in [-0.2, -0.15) is 5.26 Å². The molecule has 2 aromatic rings. The Morgan fingerprint density at radius 3 is 2.76 bits per heavy atom. The number of furan rings is 1. The molecular weight excluding hydrogens is 314 g/mol. The van der Waals surface area contributed by atoms with Crippen molar-refractivity contribution in [3.63, 3.8) is 0 Å². The van der Waals surface area contributed by atoms with E-state index in [9.17, 15) is 4.79 Å². The monoisotopic (exact) mass is 337 g/mol. The number of benzene rings is 1. The van der Waals surface area contributed by atoms with Crippen LogP contribution in [0.4, 0.5) is 0 Å². The van der Waals surface area contributed by atoms with E-state index in [0.29, 0.717) is 23.6 Å². The molecule has 0 spiro atoms. The van der Waals surface area contributed by atoms with Gasteiger partial charge < -0.3 is 9.73 Å². The Balaban J connectivity index is 1.46. The molecule has 1 atom stereocenters. The first-order valence-electron chi connectivity index (χ1n) is 8.62. The second-order valence-corrected chi connectivity index (χ2v) is 6.74. The average Bonchev–Trinajstić information content (AvgIpc) is 3.19. The zero-order valence-corrected chi connectivity index (χ0v) is 14.7. The maximum absolute atomic E-state index is 12.2. The van der Waals surface area contributed by atoms with Gasteiger partial charge in [-0.25, -0.2) is 0 Å². The van der Waals surface area contributed by atoms with Crippen LogP contribution >= 0.6 is 0 Å². The summed E-state index contributed by atoms with van der Waals surface area (Å²) in [5, 5.41) is 11.8. The predicted octanol–water partition coefficient (Wildman–Crippen LogP) is 3.02. The van der Waals surface area contributed by atoms with E-state index in [1.807, 2.05) is 6.92 Å². The van der Waals surface area contributed by atoms with E-state index in [2.05, 4.69) is 29.3 Å². The van der Waals surface area contributed by atoms with Gasteiger partial charge in [-0.05, 0) is 68.6 Å². The highest BCUT2D eigenvalue weighted by molar-refractivity contribution is 5.94. The quantitative estimate of drug-likeness (QED) is 0.910. The van der Waals surface area contributed by atoms with Crippen molar-refractivity contribution in [3.05, 3.63) is 58.5 Å². The Labute approximate surface area is 148 Å². The molecule has 25 heavy (non-hydrogen) atoms. The Hall–Kier alpha value is -2.58. The SMILES string of the molecule is Cc1cc(CN2CC[C@@H](CNC(=O)c3ccc(C#N)cc3)C2)oc1C. The summed E-state index contributed by atoms with van der Waals surface area (Å²) in [7, 11) is 0. The van der Waals surface area contributed by atoms with Crippen LogP contribution in [0.15, 0.2) is 34.7 Å². The molecule has 130 valence electrons. The van der Waals surface area contributed by atoms with Crippen LogP contribution in [0.5, 0.6) is 0 Å². The first kappa shape index (κ1) is 17.2. The van der Waals surface area contributed by atoms with Crippen LogP contribution in [0, 0.1) is 31.1 Å². The summed E-state index contributed by atoms with van der Waals surface area (Å²) in [6, 6.07) is 10.9. The minimum Gasteiger partial charge on any atom is -0.465 e. The number of carbonyl (C=O) groups is 1. The van der Waals surface area contributed by atoms with Crippen molar-refractivity contribution in [1.82, 2.24) is 10.2 Å². The second-order valence-electron chi connectivity index (χ2n) is 6.74. The molecule has 0 saturated carbocycles. The first-order valence-corrected chi connectivity index (χ1v) is 8.62. The smallest absolute Gasteiger partial charge is 0.251 e. The predicted molar refractivity (Wildman–Crippen MR) is 95.1 cm³/mol. The number of nitrogens with one attached hydrogen (secondary N) is 1. The van der Waals surface area contributed by atoms with Crippen molar-refractivity contribution in [1.29, 1.82) is 5.26 Å². The van der Waals surface area contributed by atoms with E-state index < -0.39 is 0 Å². The lowest BCUT2D eigenvalue weighted by molar-refractivity contribution is 0.0947. The number of hydrogen-bond donors (Lipinski definition) is 1. The fourth-order valence-electron chi connectivity index (χ4n) is 3.21. The van der Waals surface area contributed by atoms with Crippen LogP contribution in [-0.2, 0) is 6.54 Å². The largest absolute Gasteiger partial charge is 0.465 e. The number of rotatable bonds is 5. The minimum absolute atomic E-state index is 0.0831. The van der Waals surface area contributed by atoms with Crippen LogP contribution in [0.3, 0.4) is 0 Å². The molecule has 3 rings (SSSR count). The Kier molecular flexibility index (Phi) is 5.20. The fourth-order valence-corrected chi connectivity index (χ4v) is 3.21. The van der Waals surface area contributed by atoms with Crippen molar-refractivity contribution in [2.75, 3.05) is 19.6 Å². The Morgan fingerprint density at radius 1 is 1.36 bits per heavy atom. The van der Waals surface area contributed by atoms with Gasteiger partial charge in [0.2, 0.25) is 0 Å². The highest BCUT2D eigenvalue weighted by atomic mass is 16.3. The molecule has 1 amide bonds. The molecule has 1 fully saturated rings. The summed E-state index contributed by atoms with van der Waals surface area (Å²) in [5.74, 6) is 2.37. The van der Waals surface area contributed by atoms with Crippen LogP contribution < -0.4 is 5.32 Å². The maximum Gasteiger partial charge on any atom is 0.251 e. The molecule has 1 aromatic heterocycles. The third-order valence-corrected chi connectivity index (χ3v) is 4.79. The summed E-state index contributed by atoms with van der Waals surface area (Å²) < 4.78 is 5.75. The van der Waals surface area contributed by atoms with E-state index in [1.54, 1.807) is 24.3 Å². The molecule has 5 nitrogen and oxygen atoms in total. The van der Waals surface area contributed by atoms with Gasteiger partial charge in [0.15, 0.2) is 0 Å². The van der Waals surface area contributed by atoms with Crippen LogP contribution in [0.1, 0.15) is 39.4 Å². The molecular formula is C20H23N3O2. The molecule has 1 aliphatic heterocycles. The number of amides is 1. The molecule has 1 aliphatic rings. The van der Waals surface area contributed by atoms with Gasteiger partial charge in [0.1, 0.15) is 11.5 Å². The molecule has 0 unspecified atom stereocenters. The number of nitrogens with zero attached hydrogens (tertiary/aromatic N) is 2. The zero-order valence-electron chi connectivity index (χ0n) is 14.7. The van der Waals surface area contributed by atoms with Gasteiger partial charge >= 0.3 is 0 Å². The lowest BCUT2D eigenvalue weighted by Crippen LogP contribution is -2.30. The molecule has 1 N–H and O–H groups in total. The average molecular weight is 337 g/mol. The highest BCUT2D eigenvalue weighted by Gasteiger charge is 2.24. The van der Waals surface area contributed by atoms with Crippen molar-refractivity contribution < 1.29 is 9.21 Å². The van der Waals surface area contributed by atoms with Gasteiger partial charge in [0.05, 0.1) is 18.2 Å². The number of aryl methyl sites for hydroxylation is 2. The van der Waals surface area contributed by atoms with Crippen molar-refractivity contribution in [2.24, 2.45) is 5.92 Å². The minimum atomic E-state index is -0.0831. The molecule has 5 heteroatoms. The van der Waals surface area contributed by atoms with E-state index in [-0.39, 0.29) is 5.91 Å². The lowest BCUT2D eigenvalue weighted by atomic mass is 10.1. The number of likely N-dealkylation sites (tertiary alicyclic amines) is 1. The zero-order chi connectivity index (χ0) is 17.8. The van der Waals surface area contributed by atoms with Crippen LogP contribution in [0.25, 0.3) is 0 Å². The first-order chi connectivity index (χ1) is 12.0. The third-order valence-electron chi connectivity index (χ3n) is 4.79. The second kappa shape index (κ2) is 7.54. The molecule has 1 saturated heterocycles. The standard InChI is InChI=1S/C20H23N3O2/c1-14-9-19(25-15(14)2)13-23-8-7-17(12-23)11-22-20(24)18-5-3-16(10-21)4-6-18/h3-6,9,17H,7-8,11-13H2,1-2H3,(H,22,24)/t17-/m0/s1. The van der Waals surface area contributed by atoms with Gasteiger partial charge in [-0.3, -0.25) is 9.69 Å². The van der Waals surface area contributed by atoms with Crippen molar-refractivity contribution in [2.45, 2.75) is 26.8 Å². The molecule has 0 radical (unpaired) electrons. The highest BCUT2D eigenvalue weighted by Crippen LogP contribution is 2.21. The van der Waals surface area contributed by atoms with Crippen LogP contribution in [0.2, 0.25) is 0 Å². The molecule has 0 aliphatic carbocycles. The lowest BCUT2D eigenvalue weighted by Gasteiger charge is -2.15.